The van der Waals surface area contributed by atoms with Gasteiger partial charge in [0.2, 0.25) is 5.91 Å². The van der Waals surface area contributed by atoms with E-state index in [1.54, 1.807) is 18.3 Å². The zero-order valence-corrected chi connectivity index (χ0v) is 10.2. The number of nitrogen functional groups attached to an aromatic ring is 1. The van der Waals surface area contributed by atoms with Crippen molar-refractivity contribution in [3.05, 3.63) is 53.7 Å². The third-order valence-corrected chi connectivity index (χ3v) is 2.52. The van der Waals surface area contributed by atoms with Gasteiger partial charge in [-0.2, -0.15) is 0 Å². The number of rotatable bonds is 3. The van der Waals surface area contributed by atoms with Crippen LogP contribution < -0.4 is 11.1 Å². The van der Waals surface area contributed by atoms with Crippen molar-refractivity contribution in [1.82, 2.24) is 4.98 Å². The predicted octanol–water partition coefficient (Wildman–Crippen LogP) is 2.15. The van der Waals surface area contributed by atoms with Gasteiger partial charge in [-0.15, -0.1) is 0 Å². The lowest BCUT2D eigenvalue weighted by atomic mass is 10.1. The van der Waals surface area contributed by atoms with Gasteiger partial charge in [0.05, 0.1) is 18.3 Å². The van der Waals surface area contributed by atoms with Gasteiger partial charge in [0.15, 0.2) is 0 Å². The number of hydrogen-bond acceptors (Lipinski definition) is 3. The van der Waals surface area contributed by atoms with E-state index in [1.807, 2.05) is 31.2 Å². The Bertz CT molecular complexity index is 549. The van der Waals surface area contributed by atoms with E-state index in [0.29, 0.717) is 17.9 Å². The summed E-state index contributed by atoms with van der Waals surface area (Å²) < 4.78 is 0. The molecule has 0 atom stereocenters. The number of aryl methyl sites for hydroxylation is 1. The molecule has 2 rings (SSSR count). The smallest absolute Gasteiger partial charge is 0.228 e. The fraction of sp³-hybridized carbons (Fsp3) is 0.143. The SMILES string of the molecule is Cc1cccc(CC(=O)Nc2ccc(N)nc2)c1. The highest BCUT2D eigenvalue weighted by molar-refractivity contribution is 5.92. The summed E-state index contributed by atoms with van der Waals surface area (Å²) in [7, 11) is 0. The van der Waals surface area contributed by atoms with Crippen LogP contribution in [0.25, 0.3) is 0 Å². The van der Waals surface area contributed by atoms with Crippen LogP contribution in [0.4, 0.5) is 11.5 Å². The number of anilines is 2. The molecule has 0 bridgehead atoms. The maximum atomic E-state index is 11.8. The maximum Gasteiger partial charge on any atom is 0.228 e. The van der Waals surface area contributed by atoms with E-state index in [0.717, 1.165) is 11.1 Å². The molecule has 0 unspecified atom stereocenters. The van der Waals surface area contributed by atoms with E-state index in [1.165, 1.54) is 0 Å². The first-order chi connectivity index (χ1) is 8.63. The van der Waals surface area contributed by atoms with Gasteiger partial charge in [0, 0.05) is 0 Å². The maximum absolute atomic E-state index is 11.8. The molecule has 0 fully saturated rings. The average Bonchev–Trinajstić information content (AvgIpc) is 2.32. The quantitative estimate of drug-likeness (QED) is 0.865. The van der Waals surface area contributed by atoms with Crippen molar-refractivity contribution in [1.29, 1.82) is 0 Å². The summed E-state index contributed by atoms with van der Waals surface area (Å²) in [5, 5.41) is 2.78. The Balaban J connectivity index is 1.98. The molecular weight excluding hydrogens is 226 g/mol. The zero-order valence-electron chi connectivity index (χ0n) is 10.2. The van der Waals surface area contributed by atoms with Crippen LogP contribution in [0, 0.1) is 6.92 Å². The molecule has 1 aromatic carbocycles. The fourth-order valence-electron chi connectivity index (χ4n) is 1.69. The van der Waals surface area contributed by atoms with E-state index in [4.69, 9.17) is 5.73 Å². The number of nitrogens with one attached hydrogen (secondary N) is 1. The Morgan fingerprint density at radius 1 is 1.33 bits per heavy atom. The summed E-state index contributed by atoms with van der Waals surface area (Å²) >= 11 is 0. The van der Waals surface area contributed by atoms with Crippen LogP contribution >= 0.6 is 0 Å². The van der Waals surface area contributed by atoms with Gasteiger partial charge in [-0.25, -0.2) is 4.98 Å². The summed E-state index contributed by atoms with van der Waals surface area (Å²) in [5.74, 6) is 0.374. The van der Waals surface area contributed by atoms with Gasteiger partial charge in [-0.05, 0) is 24.6 Å². The Hall–Kier alpha value is -2.36. The standard InChI is InChI=1S/C14H15N3O/c1-10-3-2-4-11(7-10)8-14(18)17-12-5-6-13(15)16-9-12/h2-7,9H,8H2,1H3,(H2,15,16)(H,17,18). The van der Waals surface area contributed by atoms with Crippen molar-refractivity contribution in [2.45, 2.75) is 13.3 Å². The molecule has 1 aromatic heterocycles. The number of pyridine rings is 1. The van der Waals surface area contributed by atoms with Crippen LogP contribution in [0.2, 0.25) is 0 Å². The van der Waals surface area contributed by atoms with Crippen LogP contribution in [0.1, 0.15) is 11.1 Å². The van der Waals surface area contributed by atoms with E-state index >= 15 is 0 Å². The Labute approximate surface area is 106 Å². The van der Waals surface area contributed by atoms with Crippen molar-refractivity contribution in [2.24, 2.45) is 0 Å². The Kier molecular flexibility index (Phi) is 3.57. The second kappa shape index (κ2) is 5.31. The number of amides is 1. The minimum Gasteiger partial charge on any atom is -0.384 e. The highest BCUT2D eigenvalue weighted by Gasteiger charge is 2.04. The molecule has 0 radical (unpaired) electrons. The summed E-state index contributed by atoms with van der Waals surface area (Å²) in [4.78, 5) is 15.7. The number of benzene rings is 1. The van der Waals surface area contributed by atoms with Crippen molar-refractivity contribution in [3.8, 4) is 0 Å². The molecule has 0 aliphatic heterocycles. The van der Waals surface area contributed by atoms with Gasteiger partial charge < -0.3 is 11.1 Å². The normalized spacial score (nSPS) is 10.1. The van der Waals surface area contributed by atoms with Crippen molar-refractivity contribution in [2.75, 3.05) is 11.1 Å². The monoisotopic (exact) mass is 241 g/mol. The second-order valence-electron chi connectivity index (χ2n) is 4.19. The summed E-state index contributed by atoms with van der Waals surface area (Å²) in [5.41, 5.74) is 8.27. The molecule has 92 valence electrons. The fourth-order valence-corrected chi connectivity index (χ4v) is 1.69. The molecule has 4 heteroatoms. The van der Waals surface area contributed by atoms with Gasteiger partial charge in [0.25, 0.3) is 0 Å². The van der Waals surface area contributed by atoms with E-state index in [9.17, 15) is 4.79 Å². The first kappa shape index (κ1) is 12.1. The van der Waals surface area contributed by atoms with E-state index in [-0.39, 0.29) is 5.91 Å². The third-order valence-electron chi connectivity index (χ3n) is 2.52. The van der Waals surface area contributed by atoms with Crippen LogP contribution in [-0.2, 0) is 11.2 Å². The second-order valence-corrected chi connectivity index (χ2v) is 4.19. The highest BCUT2D eigenvalue weighted by atomic mass is 16.1. The van der Waals surface area contributed by atoms with Crippen LogP contribution in [0.3, 0.4) is 0 Å². The van der Waals surface area contributed by atoms with E-state index < -0.39 is 0 Å². The molecule has 0 spiro atoms. The predicted molar refractivity (Wildman–Crippen MR) is 72.2 cm³/mol. The Morgan fingerprint density at radius 2 is 2.17 bits per heavy atom. The molecular formula is C14H15N3O. The summed E-state index contributed by atoms with van der Waals surface area (Å²) in [6, 6.07) is 11.3. The average molecular weight is 241 g/mol. The van der Waals surface area contributed by atoms with Gasteiger partial charge in [-0.3, -0.25) is 4.79 Å². The molecule has 1 amide bonds. The summed E-state index contributed by atoms with van der Waals surface area (Å²) in [6.45, 7) is 2.01. The number of carbonyl (C=O) groups excluding carboxylic acids is 1. The lowest BCUT2D eigenvalue weighted by Crippen LogP contribution is -2.14. The third kappa shape index (κ3) is 3.31. The molecule has 0 saturated heterocycles. The molecule has 18 heavy (non-hydrogen) atoms. The lowest BCUT2D eigenvalue weighted by Gasteiger charge is -2.05. The van der Waals surface area contributed by atoms with Crippen LogP contribution in [0.15, 0.2) is 42.6 Å². The number of carbonyl (C=O) groups is 1. The highest BCUT2D eigenvalue weighted by Crippen LogP contribution is 2.09. The largest absolute Gasteiger partial charge is 0.384 e. The number of aromatic nitrogens is 1. The molecule has 2 aromatic rings. The molecule has 0 saturated carbocycles. The minimum atomic E-state index is -0.0628. The van der Waals surface area contributed by atoms with Gasteiger partial charge >= 0.3 is 0 Å². The molecule has 3 N–H and O–H groups in total. The molecule has 0 aliphatic carbocycles. The lowest BCUT2D eigenvalue weighted by molar-refractivity contribution is -0.115. The Morgan fingerprint density at radius 3 is 2.83 bits per heavy atom. The number of nitrogens with zero attached hydrogens (tertiary/aromatic N) is 1. The molecule has 1 heterocycles. The first-order valence-electron chi connectivity index (χ1n) is 5.70. The zero-order chi connectivity index (χ0) is 13.0. The van der Waals surface area contributed by atoms with Crippen molar-refractivity contribution < 1.29 is 4.79 Å². The van der Waals surface area contributed by atoms with Crippen LogP contribution in [-0.4, -0.2) is 10.9 Å². The van der Waals surface area contributed by atoms with Crippen molar-refractivity contribution >= 4 is 17.4 Å². The first-order valence-corrected chi connectivity index (χ1v) is 5.70. The van der Waals surface area contributed by atoms with Crippen molar-refractivity contribution in [3.63, 3.8) is 0 Å². The number of hydrogen-bond donors (Lipinski definition) is 2. The van der Waals surface area contributed by atoms with Gasteiger partial charge in [0.1, 0.15) is 5.82 Å². The van der Waals surface area contributed by atoms with Gasteiger partial charge in [-0.1, -0.05) is 29.8 Å². The minimum absolute atomic E-state index is 0.0628. The van der Waals surface area contributed by atoms with Crippen LogP contribution in [0.5, 0.6) is 0 Å². The topological polar surface area (TPSA) is 68.0 Å². The summed E-state index contributed by atoms with van der Waals surface area (Å²) in [6.07, 6.45) is 1.90. The molecule has 4 nitrogen and oxygen atoms in total. The number of nitrogens with two attached hydrogens (primary N) is 1. The molecule has 0 aliphatic rings. The van der Waals surface area contributed by atoms with E-state index in [2.05, 4.69) is 10.3 Å².